The lowest BCUT2D eigenvalue weighted by Crippen LogP contribution is -2.01. The van der Waals surface area contributed by atoms with E-state index in [4.69, 9.17) is 9.97 Å². The molecule has 6 rings (SSSR count). The Hall–Kier alpha value is -5.13. The molecule has 0 spiro atoms. The standard InChI is InChI=1S/C38H32N4S/c1-5-14-31(39-2)33-22-20-29(25-41-33)37-35(27-15-8-6-9-16-27)36(28-17-10-7-11-18-28)38(43(37,3)4)30-21-23-34(42-26-30)32-19-12-13-24-40-32/h5-26H,1-2H2,3-4H3/b31-14-. The number of rotatable bonds is 8. The van der Waals surface area contributed by atoms with Crippen molar-refractivity contribution in [2.45, 2.75) is 0 Å². The summed E-state index contributed by atoms with van der Waals surface area (Å²) in [5.41, 5.74) is 10.2. The fourth-order valence-corrected chi connectivity index (χ4v) is 8.77. The molecule has 1 aliphatic heterocycles. The Bertz CT molecular complexity index is 1870. The molecule has 0 radical (unpaired) electrons. The zero-order valence-corrected chi connectivity index (χ0v) is 25.1. The molecule has 210 valence electrons. The minimum Gasteiger partial charge on any atom is -0.262 e. The third kappa shape index (κ3) is 5.31. The average Bonchev–Trinajstić information content (AvgIpc) is 3.32. The lowest BCUT2D eigenvalue weighted by atomic mass is 9.89. The van der Waals surface area contributed by atoms with Gasteiger partial charge in [0.1, 0.15) is 0 Å². The van der Waals surface area contributed by atoms with Gasteiger partial charge in [0.05, 0.1) is 22.8 Å². The van der Waals surface area contributed by atoms with Gasteiger partial charge < -0.3 is 0 Å². The minimum absolute atomic E-state index is 0.694. The van der Waals surface area contributed by atoms with E-state index < -0.39 is 10.0 Å². The van der Waals surface area contributed by atoms with Crippen molar-refractivity contribution in [1.29, 1.82) is 0 Å². The van der Waals surface area contributed by atoms with Crippen molar-refractivity contribution in [3.8, 4) is 11.4 Å². The van der Waals surface area contributed by atoms with E-state index >= 15 is 0 Å². The normalized spacial score (nSPS) is 15.3. The molecule has 0 aliphatic carbocycles. The first kappa shape index (κ1) is 28.0. The number of benzene rings is 2. The summed E-state index contributed by atoms with van der Waals surface area (Å²) in [6.45, 7) is 7.52. The van der Waals surface area contributed by atoms with Crippen LogP contribution in [0.5, 0.6) is 0 Å². The number of aliphatic imine (C=N–C) groups is 1. The van der Waals surface area contributed by atoms with E-state index in [1.807, 2.05) is 42.7 Å². The summed E-state index contributed by atoms with van der Waals surface area (Å²) in [7, 11) is -1.56. The molecule has 0 unspecified atom stereocenters. The van der Waals surface area contributed by atoms with E-state index in [9.17, 15) is 0 Å². The van der Waals surface area contributed by atoms with Crippen LogP contribution < -0.4 is 0 Å². The Balaban J connectivity index is 1.59. The average molecular weight is 577 g/mol. The molecular formula is C38H32N4S. The van der Waals surface area contributed by atoms with Gasteiger partial charge in [-0.2, -0.15) is 10.0 Å². The lowest BCUT2D eigenvalue weighted by molar-refractivity contribution is 1.24. The Kier molecular flexibility index (Phi) is 7.82. The zero-order valence-electron chi connectivity index (χ0n) is 24.3. The molecule has 43 heavy (non-hydrogen) atoms. The molecule has 3 aromatic heterocycles. The van der Waals surface area contributed by atoms with Crippen molar-refractivity contribution in [2.75, 3.05) is 12.5 Å². The van der Waals surface area contributed by atoms with Crippen molar-refractivity contribution in [3.63, 3.8) is 0 Å². The van der Waals surface area contributed by atoms with E-state index in [0.717, 1.165) is 28.2 Å². The number of hydrogen-bond acceptors (Lipinski definition) is 4. The molecule has 0 amide bonds. The summed E-state index contributed by atoms with van der Waals surface area (Å²) in [4.78, 5) is 21.0. The van der Waals surface area contributed by atoms with Crippen LogP contribution >= 0.6 is 10.0 Å². The molecule has 0 N–H and O–H groups in total. The molecule has 4 nitrogen and oxygen atoms in total. The first-order valence-electron chi connectivity index (χ1n) is 14.0. The molecule has 0 bridgehead atoms. The quantitative estimate of drug-likeness (QED) is 0.137. The van der Waals surface area contributed by atoms with Crippen molar-refractivity contribution < 1.29 is 0 Å². The molecular weight excluding hydrogens is 545 g/mol. The minimum atomic E-state index is -1.56. The van der Waals surface area contributed by atoms with E-state index in [1.165, 1.54) is 32.1 Å². The third-order valence-corrected chi connectivity index (χ3v) is 10.5. The number of nitrogens with zero attached hydrogens (tertiary/aromatic N) is 4. The number of allylic oxidation sites excluding steroid dienone is 4. The monoisotopic (exact) mass is 576 g/mol. The van der Waals surface area contributed by atoms with Crippen molar-refractivity contribution in [2.24, 2.45) is 4.99 Å². The van der Waals surface area contributed by atoms with Crippen LogP contribution in [-0.2, 0) is 0 Å². The third-order valence-electron chi connectivity index (χ3n) is 7.54. The van der Waals surface area contributed by atoms with Crippen LogP contribution in [0.2, 0.25) is 0 Å². The van der Waals surface area contributed by atoms with Gasteiger partial charge in [0, 0.05) is 50.7 Å². The van der Waals surface area contributed by atoms with E-state index in [0.29, 0.717) is 5.70 Å². The Morgan fingerprint density at radius 1 is 0.628 bits per heavy atom. The second-order valence-corrected chi connectivity index (χ2v) is 14.0. The van der Waals surface area contributed by atoms with Crippen LogP contribution in [-0.4, -0.2) is 34.2 Å². The fourth-order valence-electron chi connectivity index (χ4n) is 5.68. The fraction of sp³-hybridized carbons (Fsp3) is 0.0526. The van der Waals surface area contributed by atoms with E-state index in [2.05, 4.69) is 115 Å². The Morgan fingerprint density at radius 2 is 1.19 bits per heavy atom. The first-order valence-corrected chi connectivity index (χ1v) is 16.4. The molecule has 0 saturated carbocycles. The molecule has 0 saturated heterocycles. The highest BCUT2D eigenvalue weighted by Gasteiger charge is 2.39. The van der Waals surface area contributed by atoms with Crippen molar-refractivity contribution >= 4 is 43.4 Å². The maximum absolute atomic E-state index is 4.90. The predicted octanol–water partition coefficient (Wildman–Crippen LogP) is 9.28. The van der Waals surface area contributed by atoms with Gasteiger partial charge in [0.2, 0.25) is 0 Å². The highest BCUT2D eigenvalue weighted by Crippen LogP contribution is 2.73. The molecule has 4 heterocycles. The van der Waals surface area contributed by atoms with Gasteiger partial charge in [-0.05, 0) is 60.7 Å². The lowest BCUT2D eigenvalue weighted by Gasteiger charge is -2.34. The maximum Gasteiger partial charge on any atom is 0.0886 e. The number of hydrogen-bond donors (Lipinski definition) is 0. The zero-order chi connectivity index (χ0) is 29.8. The van der Waals surface area contributed by atoms with Crippen molar-refractivity contribution in [1.82, 2.24) is 15.0 Å². The second-order valence-electron chi connectivity index (χ2n) is 10.5. The first-order chi connectivity index (χ1) is 21.0. The van der Waals surface area contributed by atoms with Crippen molar-refractivity contribution in [3.05, 3.63) is 168 Å². The SMILES string of the molecule is C=C/C=C(\N=C)c1ccc(C2=C(c3ccccc3)C(c3ccccc3)=C(c3ccc(-c4ccccn4)nc3)S2(C)C)cn1. The van der Waals surface area contributed by atoms with E-state index in [1.54, 1.807) is 12.3 Å². The number of aromatic nitrogens is 3. The predicted molar refractivity (Wildman–Crippen MR) is 185 cm³/mol. The maximum atomic E-state index is 4.90. The summed E-state index contributed by atoms with van der Waals surface area (Å²) in [5.74, 6) is 0. The summed E-state index contributed by atoms with van der Waals surface area (Å²) >= 11 is 0. The van der Waals surface area contributed by atoms with Gasteiger partial charge in [-0.25, -0.2) is 0 Å². The van der Waals surface area contributed by atoms with Crippen LogP contribution in [0.1, 0.15) is 27.9 Å². The van der Waals surface area contributed by atoms with Gasteiger partial charge >= 0.3 is 0 Å². The van der Waals surface area contributed by atoms with Gasteiger partial charge in [-0.15, -0.1) is 0 Å². The Labute approximate surface area is 255 Å². The van der Waals surface area contributed by atoms with Crippen LogP contribution in [0, 0.1) is 0 Å². The van der Waals surface area contributed by atoms with Crippen LogP contribution in [0.3, 0.4) is 0 Å². The molecule has 1 aliphatic rings. The van der Waals surface area contributed by atoms with Crippen LogP contribution in [0.4, 0.5) is 0 Å². The van der Waals surface area contributed by atoms with Gasteiger partial charge in [-0.3, -0.25) is 19.9 Å². The number of pyridine rings is 3. The highest BCUT2D eigenvalue weighted by atomic mass is 32.3. The summed E-state index contributed by atoms with van der Waals surface area (Å²) in [6, 6.07) is 35.7. The summed E-state index contributed by atoms with van der Waals surface area (Å²) in [6.07, 6.45) is 14.1. The summed E-state index contributed by atoms with van der Waals surface area (Å²) < 4.78 is 0. The topological polar surface area (TPSA) is 51.0 Å². The van der Waals surface area contributed by atoms with Crippen LogP contribution in [0.15, 0.2) is 145 Å². The molecule has 0 atom stereocenters. The van der Waals surface area contributed by atoms with E-state index in [-0.39, 0.29) is 0 Å². The molecule has 5 aromatic rings. The van der Waals surface area contributed by atoms with Crippen LogP contribution in [0.25, 0.3) is 38.0 Å². The van der Waals surface area contributed by atoms with Gasteiger partial charge in [0.15, 0.2) is 0 Å². The molecule has 2 aromatic carbocycles. The smallest absolute Gasteiger partial charge is 0.0886 e. The highest BCUT2D eigenvalue weighted by molar-refractivity contribution is 8.47. The Morgan fingerprint density at radius 3 is 1.65 bits per heavy atom. The molecule has 0 fully saturated rings. The largest absolute Gasteiger partial charge is 0.262 e. The molecule has 5 heteroatoms. The second kappa shape index (κ2) is 12.0. The van der Waals surface area contributed by atoms with Gasteiger partial charge in [0.25, 0.3) is 0 Å². The van der Waals surface area contributed by atoms with Gasteiger partial charge in [-0.1, -0.05) is 91.5 Å². The summed E-state index contributed by atoms with van der Waals surface area (Å²) in [5, 5.41) is 0.